The monoisotopic (exact) mass is 216 g/mol. The quantitative estimate of drug-likeness (QED) is 0.781. The van der Waals surface area contributed by atoms with Crippen LogP contribution in [0.25, 0.3) is 0 Å². The lowest BCUT2D eigenvalue weighted by Gasteiger charge is -2.03. The molecular formula is C10H13ClOS. The molecule has 0 unspecified atom stereocenters. The van der Waals surface area contributed by atoms with Crippen LogP contribution in [-0.2, 0) is 6.42 Å². The molecule has 0 amide bonds. The molecule has 0 aliphatic carbocycles. The first-order chi connectivity index (χ1) is 6.27. The molecule has 13 heavy (non-hydrogen) atoms. The summed E-state index contributed by atoms with van der Waals surface area (Å²) in [4.78, 5) is 1.11. The van der Waals surface area contributed by atoms with Gasteiger partial charge in [0.15, 0.2) is 0 Å². The molecule has 0 saturated carbocycles. The molecule has 0 radical (unpaired) electrons. The summed E-state index contributed by atoms with van der Waals surface area (Å²) in [5, 5.41) is 9.47. The van der Waals surface area contributed by atoms with Crippen molar-refractivity contribution in [2.45, 2.75) is 17.7 Å². The number of benzene rings is 1. The van der Waals surface area contributed by atoms with Gasteiger partial charge in [-0.3, -0.25) is 0 Å². The SMILES string of the molecule is CSc1ccc(CCCO)cc1Cl. The highest BCUT2D eigenvalue weighted by atomic mass is 35.5. The van der Waals surface area contributed by atoms with Gasteiger partial charge in [0.25, 0.3) is 0 Å². The Morgan fingerprint density at radius 3 is 2.77 bits per heavy atom. The third kappa shape index (κ3) is 3.22. The molecule has 0 saturated heterocycles. The van der Waals surface area contributed by atoms with Crippen molar-refractivity contribution in [3.8, 4) is 0 Å². The Hall–Kier alpha value is -0.180. The standard InChI is InChI=1S/C10H13ClOS/c1-13-10-5-4-8(3-2-6-12)7-9(10)11/h4-5,7,12H,2-3,6H2,1H3. The molecule has 0 aromatic heterocycles. The van der Waals surface area contributed by atoms with E-state index >= 15 is 0 Å². The summed E-state index contributed by atoms with van der Waals surface area (Å²) in [5.41, 5.74) is 1.19. The van der Waals surface area contributed by atoms with Gasteiger partial charge in [0.05, 0.1) is 5.02 Å². The van der Waals surface area contributed by atoms with Crippen molar-refractivity contribution < 1.29 is 5.11 Å². The van der Waals surface area contributed by atoms with Crippen LogP contribution < -0.4 is 0 Å². The third-order valence-electron chi connectivity index (χ3n) is 1.84. The van der Waals surface area contributed by atoms with E-state index in [0.29, 0.717) is 0 Å². The first-order valence-corrected chi connectivity index (χ1v) is 5.81. The van der Waals surface area contributed by atoms with E-state index in [2.05, 4.69) is 6.07 Å². The molecule has 1 rings (SSSR count). The Morgan fingerprint density at radius 1 is 1.46 bits per heavy atom. The van der Waals surface area contributed by atoms with Crippen molar-refractivity contribution in [3.05, 3.63) is 28.8 Å². The van der Waals surface area contributed by atoms with E-state index < -0.39 is 0 Å². The van der Waals surface area contributed by atoms with Gasteiger partial charge in [-0.15, -0.1) is 11.8 Å². The molecule has 0 heterocycles. The molecule has 0 aliphatic heterocycles. The van der Waals surface area contributed by atoms with E-state index in [0.717, 1.165) is 22.8 Å². The normalized spacial score (nSPS) is 10.4. The maximum absolute atomic E-state index is 8.66. The zero-order valence-electron chi connectivity index (χ0n) is 7.59. The predicted octanol–water partition coefficient (Wildman–Crippen LogP) is 2.99. The van der Waals surface area contributed by atoms with E-state index in [1.807, 2.05) is 18.4 Å². The number of halogens is 1. The first-order valence-electron chi connectivity index (χ1n) is 4.21. The summed E-state index contributed by atoms with van der Waals surface area (Å²) in [6, 6.07) is 6.07. The van der Waals surface area contributed by atoms with Crippen LogP contribution in [0.5, 0.6) is 0 Å². The lowest BCUT2D eigenvalue weighted by Crippen LogP contribution is -1.89. The van der Waals surface area contributed by atoms with Crippen molar-refractivity contribution in [2.24, 2.45) is 0 Å². The molecule has 0 aliphatic rings. The van der Waals surface area contributed by atoms with E-state index in [1.54, 1.807) is 11.8 Å². The molecule has 0 bridgehead atoms. The van der Waals surface area contributed by atoms with Gasteiger partial charge in [-0.25, -0.2) is 0 Å². The van der Waals surface area contributed by atoms with E-state index in [1.165, 1.54) is 5.56 Å². The van der Waals surface area contributed by atoms with E-state index in [-0.39, 0.29) is 6.61 Å². The van der Waals surface area contributed by atoms with Gasteiger partial charge in [-0.05, 0) is 36.8 Å². The van der Waals surface area contributed by atoms with Crippen LogP contribution in [0.15, 0.2) is 23.1 Å². The summed E-state index contributed by atoms with van der Waals surface area (Å²) in [7, 11) is 0. The van der Waals surface area contributed by atoms with Crippen molar-refractivity contribution in [1.29, 1.82) is 0 Å². The van der Waals surface area contributed by atoms with Gasteiger partial charge >= 0.3 is 0 Å². The number of rotatable bonds is 4. The van der Waals surface area contributed by atoms with Crippen LogP contribution in [0, 0.1) is 0 Å². The van der Waals surface area contributed by atoms with E-state index in [4.69, 9.17) is 16.7 Å². The Labute approximate surface area is 88.1 Å². The number of thioether (sulfide) groups is 1. The largest absolute Gasteiger partial charge is 0.396 e. The maximum Gasteiger partial charge on any atom is 0.0544 e. The van der Waals surface area contributed by atoms with Crippen LogP contribution in [0.3, 0.4) is 0 Å². The summed E-state index contributed by atoms with van der Waals surface area (Å²) >= 11 is 7.67. The third-order valence-corrected chi connectivity index (χ3v) is 3.06. The number of hydrogen-bond donors (Lipinski definition) is 1. The van der Waals surface area contributed by atoms with Gasteiger partial charge in [0.1, 0.15) is 0 Å². The molecule has 72 valence electrons. The van der Waals surface area contributed by atoms with Gasteiger partial charge in [-0.2, -0.15) is 0 Å². The molecule has 1 N–H and O–H groups in total. The van der Waals surface area contributed by atoms with Crippen LogP contribution in [-0.4, -0.2) is 18.0 Å². The molecular weight excluding hydrogens is 204 g/mol. The number of aliphatic hydroxyl groups is 1. The second kappa shape index (κ2) is 5.53. The average Bonchev–Trinajstić information content (AvgIpc) is 2.15. The number of aliphatic hydroxyl groups excluding tert-OH is 1. The molecule has 1 aromatic carbocycles. The van der Waals surface area contributed by atoms with Crippen LogP contribution in [0.2, 0.25) is 5.02 Å². The predicted molar refractivity (Wildman–Crippen MR) is 58.6 cm³/mol. The molecule has 0 atom stereocenters. The van der Waals surface area contributed by atoms with Gasteiger partial charge in [0, 0.05) is 11.5 Å². The average molecular weight is 217 g/mol. The van der Waals surface area contributed by atoms with Crippen molar-refractivity contribution in [3.63, 3.8) is 0 Å². The van der Waals surface area contributed by atoms with Gasteiger partial charge in [-0.1, -0.05) is 17.7 Å². The number of hydrogen-bond acceptors (Lipinski definition) is 2. The second-order valence-corrected chi connectivity index (χ2v) is 4.05. The van der Waals surface area contributed by atoms with Crippen molar-refractivity contribution in [1.82, 2.24) is 0 Å². The Bertz CT molecular complexity index is 276. The minimum atomic E-state index is 0.238. The van der Waals surface area contributed by atoms with Crippen LogP contribution in [0.4, 0.5) is 0 Å². The fourth-order valence-corrected chi connectivity index (χ4v) is 2.04. The summed E-state index contributed by atoms with van der Waals surface area (Å²) in [6.45, 7) is 0.238. The molecule has 1 aromatic rings. The summed E-state index contributed by atoms with van der Waals surface area (Å²) < 4.78 is 0. The highest BCUT2D eigenvalue weighted by molar-refractivity contribution is 7.98. The molecule has 0 spiro atoms. The zero-order chi connectivity index (χ0) is 9.68. The highest BCUT2D eigenvalue weighted by Crippen LogP contribution is 2.26. The Kier molecular flexibility index (Phi) is 4.64. The topological polar surface area (TPSA) is 20.2 Å². The Balaban J connectivity index is 2.71. The molecule has 0 fully saturated rings. The van der Waals surface area contributed by atoms with Crippen molar-refractivity contribution >= 4 is 23.4 Å². The highest BCUT2D eigenvalue weighted by Gasteiger charge is 2.00. The summed E-state index contributed by atoms with van der Waals surface area (Å²) in [5.74, 6) is 0. The summed E-state index contributed by atoms with van der Waals surface area (Å²) in [6.07, 6.45) is 3.70. The number of aryl methyl sites for hydroxylation is 1. The van der Waals surface area contributed by atoms with Crippen molar-refractivity contribution in [2.75, 3.05) is 12.9 Å². The van der Waals surface area contributed by atoms with Gasteiger partial charge < -0.3 is 5.11 Å². The second-order valence-electron chi connectivity index (χ2n) is 2.80. The van der Waals surface area contributed by atoms with Crippen LogP contribution in [0.1, 0.15) is 12.0 Å². The molecule has 1 nitrogen and oxygen atoms in total. The fourth-order valence-electron chi connectivity index (χ4n) is 1.15. The minimum Gasteiger partial charge on any atom is -0.396 e. The zero-order valence-corrected chi connectivity index (χ0v) is 9.16. The Morgan fingerprint density at radius 2 is 2.23 bits per heavy atom. The van der Waals surface area contributed by atoms with E-state index in [9.17, 15) is 0 Å². The first kappa shape index (κ1) is 10.9. The minimum absolute atomic E-state index is 0.238. The lowest BCUT2D eigenvalue weighted by molar-refractivity contribution is 0.288. The smallest absolute Gasteiger partial charge is 0.0544 e. The fraction of sp³-hybridized carbons (Fsp3) is 0.400. The maximum atomic E-state index is 8.66. The van der Waals surface area contributed by atoms with Crippen LogP contribution >= 0.6 is 23.4 Å². The lowest BCUT2D eigenvalue weighted by atomic mass is 10.1. The van der Waals surface area contributed by atoms with Gasteiger partial charge in [0.2, 0.25) is 0 Å². The molecule has 3 heteroatoms.